The number of fused-ring (bicyclic) bond motifs is 1. The van der Waals surface area contributed by atoms with Crippen molar-refractivity contribution >= 4 is 16.6 Å². The summed E-state index contributed by atoms with van der Waals surface area (Å²) < 4.78 is 0. The number of Topliss-reactive ketones (excluding diaryl/α,β-unsaturated/α-hetero) is 1. The first-order chi connectivity index (χ1) is 10.8. The molecule has 0 aromatic heterocycles. The summed E-state index contributed by atoms with van der Waals surface area (Å²) in [5.74, 6) is 0.138. The lowest BCUT2D eigenvalue weighted by Gasteiger charge is -2.06. The summed E-state index contributed by atoms with van der Waals surface area (Å²) in [6.45, 7) is 0. The van der Waals surface area contributed by atoms with Crippen LogP contribution in [-0.4, -0.2) is 5.78 Å². The van der Waals surface area contributed by atoms with Crippen LogP contribution < -0.4 is 0 Å². The number of carbonyl (C=O) groups excluding carboxylic acids is 1. The highest BCUT2D eigenvalue weighted by Crippen LogP contribution is 2.20. The molecule has 0 atom stereocenters. The third kappa shape index (κ3) is 2.89. The van der Waals surface area contributed by atoms with Crippen molar-refractivity contribution in [1.82, 2.24) is 0 Å². The summed E-state index contributed by atoms with van der Waals surface area (Å²) in [5, 5.41) is 11.0. The monoisotopic (exact) mass is 285 g/mol. The molecule has 0 aliphatic heterocycles. The lowest BCUT2D eigenvalue weighted by atomic mass is 9.97. The van der Waals surface area contributed by atoms with Gasteiger partial charge in [0.05, 0.1) is 11.6 Å². The van der Waals surface area contributed by atoms with Gasteiger partial charge in [-0.3, -0.25) is 4.79 Å². The van der Waals surface area contributed by atoms with Gasteiger partial charge in [0.15, 0.2) is 5.78 Å². The van der Waals surface area contributed by atoms with Crippen LogP contribution in [0, 0.1) is 11.3 Å². The van der Waals surface area contributed by atoms with E-state index in [1.54, 1.807) is 6.07 Å². The molecule has 0 heterocycles. The Kier molecular flexibility index (Phi) is 3.98. The number of hydrogen-bond donors (Lipinski definition) is 0. The van der Waals surface area contributed by atoms with Crippen LogP contribution in [0.5, 0.6) is 0 Å². The molecule has 0 radical (unpaired) electrons. The topological polar surface area (TPSA) is 40.9 Å². The van der Waals surface area contributed by atoms with Gasteiger partial charge in [-0.2, -0.15) is 5.26 Å². The molecule has 0 saturated carbocycles. The SMILES string of the molecule is N#Cc1cccc(CCC(=O)c2cccc3ccccc23)c1. The molecular formula is C20H15NO. The van der Waals surface area contributed by atoms with E-state index >= 15 is 0 Å². The van der Waals surface area contributed by atoms with Crippen LogP contribution in [0.4, 0.5) is 0 Å². The maximum atomic E-state index is 12.5. The molecule has 0 unspecified atom stereocenters. The van der Waals surface area contributed by atoms with Crippen LogP contribution >= 0.6 is 0 Å². The van der Waals surface area contributed by atoms with Crippen LogP contribution in [0.3, 0.4) is 0 Å². The largest absolute Gasteiger partial charge is 0.294 e. The number of nitriles is 1. The Balaban J connectivity index is 1.80. The second-order valence-electron chi connectivity index (χ2n) is 5.26. The van der Waals surface area contributed by atoms with E-state index in [0.717, 1.165) is 21.9 Å². The molecule has 3 rings (SSSR count). The number of aryl methyl sites for hydroxylation is 1. The van der Waals surface area contributed by atoms with Crippen LogP contribution in [0.1, 0.15) is 27.9 Å². The number of nitrogens with zero attached hydrogens (tertiary/aromatic N) is 1. The normalized spacial score (nSPS) is 10.3. The first-order valence-corrected chi connectivity index (χ1v) is 7.28. The maximum absolute atomic E-state index is 12.5. The van der Waals surface area contributed by atoms with E-state index in [0.29, 0.717) is 18.4 Å². The number of rotatable bonds is 4. The molecule has 0 amide bonds. The van der Waals surface area contributed by atoms with E-state index in [9.17, 15) is 4.79 Å². The van der Waals surface area contributed by atoms with Crippen LogP contribution in [0.15, 0.2) is 66.7 Å². The third-order valence-electron chi connectivity index (χ3n) is 3.79. The van der Waals surface area contributed by atoms with E-state index < -0.39 is 0 Å². The van der Waals surface area contributed by atoms with Crippen LogP contribution in [0.25, 0.3) is 10.8 Å². The summed E-state index contributed by atoms with van der Waals surface area (Å²) >= 11 is 0. The molecule has 22 heavy (non-hydrogen) atoms. The molecule has 3 aromatic rings. The smallest absolute Gasteiger partial charge is 0.163 e. The Hall–Kier alpha value is -2.92. The molecular weight excluding hydrogens is 270 g/mol. The predicted molar refractivity (Wildman–Crippen MR) is 87.8 cm³/mol. The Bertz CT molecular complexity index is 869. The average Bonchev–Trinajstić information content (AvgIpc) is 2.59. The zero-order valence-electron chi connectivity index (χ0n) is 12.1. The number of ketones is 1. The summed E-state index contributed by atoms with van der Waals surface area (Å²) in [4.78, 5) is 12.5. The average molecular weight is 285 g/mol. The molecule has 106 valence electrons. The third-order valence-corrected chi connectivity index (χ3v) is 3.79. The van der Waals surface area contributed by atoms with Gasteiger partial charge in [-0.15, -0.1) is 0 Å². The minimum absolute atomic E-state index is 0.138. The molecule has 0 N–H and O–H groups in total. The van der Waals surface area contributed by atoms with E-state index in [1.807, 2.05) is 60.7 Å². The highest BCUT2D eigenvalue weighted by molar-refractivity contribution is 6.08. The number of carbonyl (C=O) groups is 1. The molecule has 3 aromatic carbocycles. The summed E-state index contributed by atoms with van der Waals surface area (Å²) in [6, 6.07) is 23.3. The summed E-state index contributed by atoms with van der Waals surface area (Å²) in [5.41, 5.74) is 2.43. The molecule has 0 bridgehead atoms. The van der Waals surface area contributed by atoms with Gasteiger partial charge >= 0.3 is 0 Å². The fourth-order valence-electron chi connectivity index (χ4n) is 2.66. The lowest BCUT2D eigenvalue weighted by molar-refractivity contribution is 0.0984. The van der Waals surface area contributed by atoms with Crippen LogP contribution in [0.2, 0.25) is 0 Å². The van der Waals surface area contributed by atoms with Gasteiger partial charge in [0.2, 0.25) is 0 Å². The second kappa shape index (κ2) is 6.24. The number of benzene rings is 3. The van der Waals surface area contributed by atoms with Crippen LogP contribution in [-0.2, 0) is 6.42 Å². The summed E-state index contributed by atoms with van der Waals surface area (Å²) in [6.07, 6.45) is 1.10. The van der Waals surface area contributed by atoms with Gasteiger partial charge < -0.3 is 0 Å². The van der Waals surface area contributed by atoms with Gasteiger partial charge in [0.25, 0.3) is 0 Å². The van der Waals surface area contributed by atoms with E-state index in [-0.39, 0.29) is 5.78 Å². The van der Waals surface area contributed by atoms with Crippen molar-refractivity contribution < 1.29 is 4.79 Å². The van der Waals surface area contributed by atoms with Gasteiger partial charge in [-0.1, -0.05) is 54.6 Å². The van der Waals surface area contributed by atoms with Crippen molar-refractivity contribution in [3.05, 3.63) is 83.4 Å². The van der Waals surface area contributed by atoms with E-state index in [4.69, 9.17) is 5.26 Å². The molecule has 0 fully saturated rings. The first-order valence-electron chi connectivity index (χ1n) is 7.28. The van der Waals surface area contributed by atoms with Crippen molar-refractivity contribution in [2.24, 2.45) is 0 Å². The molecule has 2 nitrogen and oxygen atoms in total. The van der Waals surface area contributed by atoms with E-state index in [2.05, 4.69) is 6.07 Å². The van der Waals surface area contributed by atoms with Gasteiger partial charge in [0.1, 0.15) is 0 Å². The molecule has 0 aliphatic rings. The van der Waals surface area contributed by atoms with Crippen molar-refractivity contribution in [3.8, 4) is 6.07 Å². The Labute approximate surface area is 129 Å². The molecule has 0 saturated heterocycles. The lowest BCUT2D eigenvalue weighted by Crippen LogP contribution is -2.02. The van der Waals surface area contributed by atoms with Gasteiger partial charge in [-0.25, -0.2) is 0 Å². The Morgan fingerprint density at radius 3 is 2.59 bits per heavy atom. The second-order valence-corrected chi connectivity index (χ2v) is 5.26. The zero-order chi connectivity index (χ0) is 15.4. The quantitative estimate of drug-likeness (QED) is 0.661. The Morgan fingerprint density at radius 2 is 1.73 bits per heavy atom. The first kappa shape index (κ1) is 14.0. The van der Waals surface area contributed by atoms with Gasteiger partial charge in [-0.05, 0) is 34.9 Å². The van der Waals surface area contributed by atoms with Crippen molar-refractivity contribution in [2.45, 2.75) is 12.8 Å². The maximum Gasteiger partial charge on any atom is 0.163 e. The van der Waals surface area contributed by atoms with Crippen molar-refractivity contribution in [1.29, 1.82) is 5.26 Å². The fourth-order valence-corrected chi connectivity index (χ4v) is 2.66. The van der Waals surface area contributed by atoms with E-state index in [1.165, 1.54) is 0 Å². The van der Waals surface area contributed by atoms with Gasteiger partial charge in [0, 0.05) is 12.0 Å². The van der Waals surface area contributed by atoms with Crippen molar-refractivity contribution in [2.75, 3.05) is 0 Å². The minimum atomic E-state index is 0.138. The highest BCUT2D eigenvalue weighted by atomic mass is 16.1. The van der Waals surface area contributed by atoms with Crippen molar-refractivity contribution in [3.63, 3.8) is 0 Å². The fraction of sp³-hybridized carbons (Fsp3) is 0.100. The zero-order valence-corrected chi connectivity index (χ0v) is 12.1. The summed E-state index contributed by atoms with van der Waals surface area (Å²) in [7, 11) is 0. The minimum Gasteiger partial charge on any atom is -0.294 e. The molecule has 0 aliphatic carbocycles. The Morgan fingerprint density at radius 1 is 0.955 bits per heavy atom. The highest BCUT2D eigenvalue weighted by Gasteiger charge is 2.10. The molecule has 2 heteroatoms. The number of hydrogen-bond acceptors (Lipinski definition) is 2. The predicted octanol–water partition coefficient (Wildman–Crippen LogP) is 4.53. The standard InChI is InChI=1S/C20H15NO/c21-14-16-6-3-5-15(13-16)11-12-20(22)19-10-4-8-17-7-1-2-9-18(17)19/h1-10,13H,11-12H2. The molecule has 0 spiro atoms.